The van der Waals surface area contributed by atoms with Crippen molar-refractivity contribution in [2.24, 2.45) is 5.92 Å². The van der Waals surface area contributed by atoms with Crippen molar-refractivity contribution in [3.05, 3.63) is 35.4 Å². The minimum atomic E-state index is -0.170. The molecule has 0 aliphatic heterocycles. The molecule has 1 aliphatic rings. The number of aliphatic hydroxyl groups excluding tert-OH is 1. The summed E-state index contributed by atoms with van der Waals surface area (Å²) < 4.78 is 5.04. The van der Waals surface area contributed by atoms with Gasteiger partial charge in [0.05, 0.1) is 12.7 Å². The van der Waals surface area contributed by atoms with Gasteiger partial charge in [-0.1, -0.05) is 12.1 Å². The lowest BCUT2D eigenvalue weighted by Gasteiger charge is -2.31. The van der Waals surface area contributed by atoms with Crippen molar-refractivity contribution in [3.63, 3.8) is 0 Å². The molecule has 0 aromatic heterocycles. The van der Waals surface area contributed by atoms with Crippen molar-refractivity contribution in [1.29, 1.82) is 0 Å². The second-order valence-electron chi connectivity index (χ2n) is 4.83. The summed E-state index contributed by atoms with van der Waals surface area (Å²) in [6.07, 6.45) is 1.42. The van der Waals surface area contributed by atoms with Crippen molar-refractivity contribution in [1.82, 2.24) is 5.32 Å². The highest BCUT2D eigenvalue weighted by Crippen LogP contribution is 2.26. The number of amides is 1. The van der Waals surface area contributed by atoms with Crippen LogP contribution >= 0.6 is 0 Å². The lowest BCUT2D eigenvalue weighted by molar-refractivity contribution is 0.0420. The number of nitrogens with one attached hydrogen (secondary N) is 1. The van der Waals surface area contributed by atoms with Crippen LogP contribution in [0.4, 0.5) is 0 Å². The predicted molar refractivity (Wildman–Crippen MR) is 68.2 cm³/mol. The molecule has 0 heterocycles. The first-order valence-electron chi connectivity index (χ1n) is 6.23. The van der Waals surface area contributed by atoms with Gasteiger partial charge in [-0.25, -0.2) is 0 Å². The van der Waals surface area contributed by atoms with Gasteiger partial charge in [0, 0.05) is 19.2 Å². The second-order valence-corrected chi connectivity index (χ2v) is 4.83. The van der Waals surface area contributed by atoms with Gasteiger partial charge in [-0.05, 0) is 36.5 Å². The molecule has 1 amide bonds. The maximum atomic E-state index is 11.9. The fourth-order valence-electron chi connectivity index (χ4n) is 2.18. The van der Waals surface area contributed by atoms with Gasteiger partial charge in [-0.3, -0.25) is 4.79 Å². The van der Waals surface area contributed by atoms with Gasteiger partial charge in [0.15, 0.2) is 0 Å². The Kier molecular flexibility index (Phi) is 4.33. The molecule has 4 nitrogen and oxygen atoms in total. The summed E-state index contributed by atoms with van der Waals surface area (Å²) in [6, 6.07) is 7.43. The van der Waals surface area contributed by atoms with Crippen molar-refractivity contribution in [2.75, 3.05) is 13.7 Å². The third kappa shape index (κ3) is 3.31. The van der Waals surface area contributed by atoms with E-state index in [0.717, 1.165) is 18.4 Å². The maximum Gasteiger partial charge on any atom is 0.251 e. The number of ether oxygens (including phenoxy) is 1. The molecule has 18 heavy (non-hydrogen) atoms. The van der Waals surface area contributed by atoms with Crippen molar-refractivity contribution in [3.8, 4) is 0 Å². The summed E-state index contributed by atoms with van der Waals surface area (Å²) in [4.78, 5) is 11.9. The molecule has 1 aliphatic carbocycles. The van der Waals surface area contributed by atoms with Gasteiger partial charge in [-0.2, -0.15) is 0 Å². The molecular formula is C14H19NO3. The van der Waals surface area contributed by atoms with E-state index in [2.05, 4.69) is 5.32 Å². The molecule has 1 fully saturated rings. The maximum absolute atomic E-state index is 11.9. The van der Waals surface area contributed by atoms with Crippen molar-refractivity contribution < 1.29 is 14.6 Å². The zero-order chi connectivity index (χ0) is 13.0. The Labute approximate surface area is 107 Å². The second kappa shape index (κ2) is 5.98. The highest BCUT2D eigenvalue weighted by Gasteiger charge is 2.27. The first-order valence-corrected chi connectivity index (χ1v) is 6.23. The molecule has 1 saturated carbocycles. The largest absolute Gasteiger partial charge is 0.393 e. The van der Waals surface area contributed by atoms with Gasteiger partial charge in [-0.15, -0.1) is 0 Å². The van der Waals surface area contributed by atoms with Gasteiger partial charge >= 0.3 is 0 Å². The number of benzene rings is 1. The topological polar surface area (TPSA) is 58.6 Å². The average molecular weight is 249 g/mol. The molecule has 0 bridgehead atoms. The highest BCUT2D eigenvalue weighted by atomic mass is 16.5. The number of methoxy groups -OCH3 is 1. The molecule has 0 saturated heterocycles. The fraction of sp³-hybridized carbons (Fsp3) is 0.500. The van der Waals surface area contributed by atoms with E-state index in [1.807, 2.05) is 18.2 Å². The molecule has 98 valence electrons. The number of carbonyl (C=O) groups is 1. The van der Waals surface area contributed by atoms with Gasteiger partial charge < -0.3 is 15.2 Å². The van der Waals surface area contributed by atoms with Gasteiger partial charge in [0.25, 0.3) is 5.91 Å². The monoisotopic (exact) mass is 249 g/mol. The summed E-state index contributed by atoms with van der Waals surface area (Å²) in [6.45, 7) is 1.15. The third-order valence-electron chi connectivity index (χ3n) is 3.26. The standard InChI is InChI=1S/C14H19NO3/c1-18-9-10-3-2-4-12(5-10)14(17)15-8-11-6-13(16)7-11/h2-5,11,13,16H,6-9H2,1H3,(H,15,17). The van der Waals surface area contributed by atoms with E-state index in [1.54, 1.807) is 13.2 Å². The Balaban J connectivity index is 1.86. The van der Waals surface area contributed by atoms with Crippen LogP contribution in [0.15, 0.2) is 24.3 Å². The van der Waals surface area contributed by atoms with Crippen LogP contribution in [0.1, 0.15) is 28.8 Å². The van der Waals surface area contributed by atoms with Crippen LogP contribution in [-0.4, -0.2) is 30.8 Å². The van der Waals surface area contributed by atoms with E-state index < -0.39 is 0 Å². The van der Waals surface area contributed by atoms with Crippen LogP contribution in [0.2, 0.25) is 0 Å². The van der Waals surface area contributed by atoms with E-state index >= 15 is 0 Å². The molecule has 0 radical (unpaired) electrons. The molecule has 0 spiro atoms. The average Bonchev–Trinajstić information content (AvgIpc) is 2.33. The quantitative estimate of drug-likeness (QED) is 0.827. The Hall–Kier alpha value is -1.39. The normalized spacial score (nSPS) is 22.3. The molecule has 1 aromatic carbocycles. The molecule has 2 N–H and O–H groups in total. The van der Waals surface area contributed by atoms with E-state index in [9.17, 15) is 4.79 Å². The zero-order valence-corrected chi connectivity index (χ0v) is 10.6. The van der Waals surface area contributed by atoms with E-state index in [4.69, 9.17) is 9.84 Å². The molecule has 1 aromatic rings. The molecule has 4 heteroatoms. The molecule has 2 rings (SSSR count). The van der Waals surface area contributed by atoms with Crippen LogP contribution < -0.4 is 5.32 Å². The number of rotatable bonds is 5. The van der Waals surface area contributed by atoms with Crippen LogP contribution in [0.3, 0.4) is 0 Å². The number of hydrogen-bond acceptors (Lipinski definition) is 3. The SMILES string of the molecule is COCc1cccc(C(=O)NCC2CC(O)C2)c1. The Bertz CT molecular complexity index is 413. The van der Waals surface area contributed by atoms with Crippen LogP contribution in [0.25, 0.3) is 0 Å². The number of carbonyl (C=O) groups excluding carboxylic acids is 1. The minimum absolute atomic E-state index is 0.0608. The van der Waals surface area contributed by atoms with Crippen LogP contribution in [0.5, 0.6) is 0 Å². The van der Waals surface area contributed by atoms with Gasteiger partial charge in [0.1, 0.15) is 0 Å². The van der Waals surface area contributed by atoms with Crippen molar-refractivity contribution in [2.45, 2.75) is 25.6 Å². The lowest BCUT2D eigenvalue weighted by atomic mass is 9.82. The van der Waals surface area contributed by atoms with Gasteiger partial charge in [0.2, 0.25) is 0 Å². The molecule has 0 unspecified atom stereocenters. The minimum Gasteiger partial charge on any atom is -0.393 e. The fourth-order valence-corrected chi connectivity index (χ4v) is 2.18. The molecule has 0 atom stereocenters. The predicted octanol–water partition coefficient (Wildman–Crippen LogP) is 1.33. The first kappa shape index (κ1) is 13.1. The smallest absolute Gasteiger partial charge is 0.251 e. The lowest BCUT2D eigenvalue weighted by Crippen LogP contribution is -2.38. The Morgan fingerprint density at radius 3 is 2.94 bits per heavy atom. The summed E-state index contributed by atoms with van der Waals surface area (Å²) >= 11 is 0. The van der Waals surface area contributed by atoms with Crippen LogP contribution in [0, 0.1) is 5.92 Å². The third-order valence-corrected chi connectivity index (χ3v) is 3.26. The highest BCUT2D eigenvalue weighted by molar-refractivity contribution is 5.94. The van der Waals surface area contributed by atoms with Crippen molar-refractivity contribution >= 4 is 5.91 Å². The first-order chi connectivity index (χ1) is 8.69. The van der Waals surface area contributed by atoms with E-state index in [-0.39, 0.29) is 12.0 Å². The summed E-state index contributed by atoms with van der Waals surface area (Å²) in [5.41, 5.74) is 1.65. The van der Waals surface area contributed by atoms with E-state index in [0.29, 0.717) is 24.6 Å². The zero-order valence-electron chi connectivity index (χ0n) is 10.6. The Morgan fingerprint density at radius 2 is 2.28 bits per heavy atom. The number of hydrogen-bond donors (Lipinski definition) is 2. The van der Waals surface area contributed by atoms with Crippen LogP contribution in [-0.2, 0) is 11.3 Å². The molecular weight excluding hydrogens is 230 g/mol. The summed E-state index contributed by atoms with van der Waals surface area (Å²) in [5.74, 6) is 0.362. The summed E-state index contributed by atoms with van der Waals surface area (Å²) in [7, 11) is 1.63. The number of aliphatic hydroxyl groups is 1. The Morgan fingerprint density at radius 1 is 1.50 bits per heavy atom. The van der Waals surface area contributed by atoms with E-state index in [1.165, 1.54) is 0 Å². The summed E-state index contributed by atoms with van der Waals surface area (Å²) in [5, 5.41) is 12.1.